The molecule has 2 heterocycles. The molecule has 2 aromatic heterocycles. The molecule has 0 saturated heterocycles. The average Bonchev–Trinajstić information content (AvgIpc) is 3.08. The summed E-state index contributed by atoms with van der Waals surface area (Å²) in [5, 5.41) is 0.763. The third kappa shape index (κ3) is 3.82. The van der Waals surface area contributed by atoms with Crippen LogP contribution >= 0.6 is 0 Å². The Hall–Kier alpha value is -3.32. The molecular weight excluding hydrogens is 388 g/mol. The van der Waals surface area contributed by atoms with Crippen LogP contribution in [0.3, 0.4) is 0 Å². The number of nitrogens with one attached hydrogen (secondary N) is 1. The summed E-state index contributed by atoms with van der Waals surface area (Å²) in [4.78, 5) is 12.1. The van der Waals surface area contributed by atoms with E-state index in [-0.39, 0.29) is 5.56 Å². The molecule has 0 saturated carbocycles. The van der Waals surface area contributed by atoms with Crippen molar-refractivity contribution in [1.29, 1.82) is 0 Å². The normalized spacial score (nSPS) is 11.7. The van der Waals surface area contributed by atoms with Crippen molar-refractivity contribution in [2.75, 3.05) is 11.0 Å². The predicted molar refractivity (Wildman–Crippen MR) is 116 cm³/mol. The first kappa shape index (κ1) is 19.0. The molecule has 4 aromatic rings. The monoisotopic (exact) mass is 408 g/mol. The van der Waals surface area contributed by atoms with E-state index in [4.69, 9.17) is 4.42 Å². The van der Waals surface area contributed by atoms with Gasteiger partial charge in [0.2, 0.25) is 10.0 Å². The number of pyridine rings is 1. The van der Waals surface area contributed by atoms with E-state index in [1.165, 1.54) is 4.57 Å². The lowest BCUT2D eigenvalue weighted by Crippen LogP contribution is -2.18. The third-order valence-electron chi connectivity index (χ3n) is 4.65. The van der Waals surface area contributed by atoms with E-state index in [1.807, 2.05) is 36.4 Å². The van der Waals surface area contributed by atoms with Gasteiger partial charge in [-0.25, -0.2) is 8.42 Å². The molecule has 148 valence electrons. The molecule has 0 fully saturated rings. The predicted octanol–water partition coefficient (Wildman–Crippen LogP) is 4.15. The molecule has 0 bridgehead atoms. The fourth-order valence-electron chi connectivity index (χ4n) is 3.41. The van der Waals surface area contributed by atoms with Gasteiger partial charge in [-0.3, -0.25) is 9.52 Å². The summed E-state index contributed by atoms with van der Waals surface area (Å²) in [6.45, 7) is 1.75. The number of hydrogen-bond acceptors (Lipinski definition) is 4. The number of benzene rings is 2. The Bertz CT molecular complexity index is 1360. The lowest BCUT2D eigenvalue weighted by Gasteiger charge is -2.10. The highest BCUT2D eigenvalue weighted by Crippen LogP contribution is 2.37. The van der Waals surface area contributed by atoms with Gasteiger partial charge in [-0.2, -0.15) is 0 Å². The van der Waals surface area contributed by atoms with Crippen LogP contribution in [-0.4, -0.2) is 19.2 Å². The highest BCUT2D eigenvalue weighted by molar-refractivity contribution is 7.92. The van der Waals surface area contributed by atoms with Crippen molar-refractivity contribution in [3.05, 3.63) is 76.7 Å². The summed E-state index contributed by atoms with van der Waals surface area (Å²) in [5.74, 6) is 0.680. The molecule has 4 rings (SSSR count). The lowest BCUT2D eigenvalue weighted by molar-refractivity contribution is 0.606. The van der Waals surface area contributed by atoms with Crippen LogP contribution < -0.4 is 10.3 Å². The zero-order chi connectivity index (χ0) is 20.8. The minimum atomic E-state index is -3.45. The first-order valence-electron chi connectivity index (χ1n) is 9.00. The quantitative estimate of drug-likeness (QED) is 0.550. The maximum Gasteiger partial charge on any atom is 0.253 e. The standard InChI is InChI=1S/C22H20N2O4S/c1-14-9-17(13-24(2)22(14)25)19-12-18(23-29(3,26)27)10-16-11-20(28-21(16)19)15-7-5-4-6-8-15/h4-13,23H,1-3H3. The largest absolute Gasteiger partial charge is 0.455 e. The van der Waals surface area contributed by atoms with Crippen molar-refractivity contribution in [2.45, 2.75) is 6.92 Å². The van der Waals surface area contributed by atoms with E-state index in [2.05, 4.69) is 4.72 Å². The van der Waals surface area contributed by atoms with Crippen LogP contribution in [0, 0.1) is 6.92 Å². The fourth-order valence-corrected chi connectivity index (χ4v) is 3.96. The van der Waals surface area contributed by atoms with Crippen LogP contribution in [-0.2, 0) is 17.1 Å². The number of nitrogens with zero attached hydrogens (tertiary/aromatic N) is 1. The van der Waals surface area contributed by atoms with Gasteiger partial charge in [0.25, 0.3) is 5.56 Å². The minimum absolute atomic E-state index is 0.0835. The van der Waals surface area contributed by atoms with E-state index >= 15 is 0 Å². The number of rotatable bonds is 4. The highest BCUT2D eigenvalue weighted by atomic mass is 32.2. The van der Waals surface area contributed by atoms with Crippen molar-refractivity contribution >= 4 is 26.7 Å². The van der Waals surface area contributed by atoms with Crippen LogP contribution in [0.15, 0.2) is 70.0 Å². The van der Waals surface area contributed by atoms with Crippen LogP contribution in [0.4, 0.5) is 5.69 Å². The van der Waals surface area contributed by atoms with Crippen LogP contribution in [0.25, 0.3) is 33.4 Å². The van der Waals surface area contributed by atoms with Gasteiger partial charge >= 0.3 is 0 Å². The topological polar surface area (TPSA) is 81.3 Å². The minimum Gasteiger partial charge on any atom is -0.455 e. The SMILES string of the molecule is Cc1cc(-c2cc(NS(C)(=O)=O)cc3cc(-c4ccccc4)oc23)cn(C)c1=O. The summed E-state index contributed by atoms with van der Waals surface area (Å²) >= 11 is 0. The number of aryl methyl sites for hydroxylation is 2. The molecule has 6 nitrogen and oxygen atoms in total. The van der Waals surface area contributed by atoms with E-state index in [0.717, 1.165) is 22.8 Å². The van der Waals surface area contributed by atoms with E-state index in [0.29, 0.717) is 28.2 Å². The van der Waals surface area contributed by atoms with Gasteiger partial charge in [0.05, 0.1) is 6.26 Å². The van der Waals surface area contributed by atoms with Gasteiger partial charge in [-0.15, -0.1) is 0 Å². The molecule has 29 heavy (non-hydrogen) atoms. The van der Waals surface area contributed by atoms with Crippen LogP contribution in [0.2, 0.25) is 0 Å². The maximum absolute atomic E-state index is 12.1. The van der Waals surface area contributed by atoms with E-state index < -0.39 is 10.0 Å². The second kappa shape index (κ2) is 6.93. The van der Waals surface area contributed by atoms with Crippen molar-refractivity contribution < 1.29 is 12.8 Å². The van der Waals surface area contributed by atoms with E-state index in [9.17, 15) is 13.2 Å². The number of anilines is 1. The van der Waals surface area contributed by atoms with Crippen molar-refractivity contribution in [3.8, 4) is 22.5 Å². The van der Waals surface area contributed by atoms with Gasteiger partial charge in [0.15, 0.2) is 0 Å². The number of fused-ring (bicyclic) bond motifs is 1. The number of hydrogen-bond donors (Lipinski definition) is 1. The molecule has 7 heteroatoms. The van der Waals surface area contributed by atoms with Crippen molar-refractivity contribution in [2.24, 2.45) is 7.05 Å². The van der Waals surface area contributed by atoms with Gasteiger partial charge in [-0.1, -0.05) is 30.3 Å². The Balaban J connectivity index is 2.00. The van der Waals surface area contributed by atoms with Crippen molar-refractivity contribution in [1.82, 2.24) is 4.57 Å². The molecule has 0 atom stereocenters. The molecule has 1 N–H and O–H groups in total. The molecule has 2 aromatic carbocycles. The van der Waals surface area contributed by atoms with Gasteiger partial charge in [0, 0.05) is 46.6 Å². The summed E-state index contributed by atoms with van der Waals surface area (Å²) in [7, 11) is -1.76. The zero-order valence-corrected chi connectivity index (χ0v) is 17.1. The molecule has 0 aliphatic carbocycles. The Labute approximate surface area is 168 Å². The van der Waals surface area contributed by atoms with Gasteiger partial charge in [-0.05, 0) is 31.2 Å². The molecule has 0 unspecified atom stereocenters. The van der Waals surface area contributed by atoms with Crippen molar-refractivity contribution in [3.63, 3.8) is 0 Å². The molecule has 0 aliphatic rings. The summed E-state index contributed by atoms with van der Waals surface area (Å²) < 4.78 is 33.8. The second-order valence-electron chi connectivity index (χ2n) is 7.12. The Morgan fingerprint density at radius 2 is 1.72 bits per heavy atom. The molecule has 0 radical (unpaired) electrons. The maximum atomic E-state index is 12.1. The Kier molecular flexibility index (Phi) is 4.55. The smallest absolute Gasteiger partial charge is 0.253 e. The zero-order valence-electron chi connectivity index (χ0n) is 16.3. The van der Waals surface area contributed by atoms with E-state index in [1.54, 1.807) is 38.4 Å². The van der Waals surface area contributed by atoms with Crippen LogP contribution in [0.5, 0.6) is 0 Å². The lowest BCUT2D eigenvalue weighted by atomic mass is 10.0. The third-order valence-corrected chi connectivity index (χ3v) is 5.26. The first-order valence-corrected chi connectivity index (χ1v) is 10.9. The summed E-state index contributed by atoms with van der Waals surface area (Å²) in [6.07, 6.45) is 2.83. The van der Waals surface area contributed by atoms with Gasteiger partial charge in [0.1, 0.15) is 11.3 Å². The van der Waals surface area contributed by atoms with Crippen LogP contribution in [0.1, 0.15) is 5.56 Å². The molecule has 0 spiro atoms. The fraction of sp³-hybridized carbons (Fsp3) is 0.136. The Morgan fingerprint density at radius 1 is 1.00 bits per heavy atom. The summed E-state index contributed by atoms with van der Waals surface area (Å²) in [5.41, 5.74) is 3.95. The molecule has 0 aliphatic heterocycles. The molecular formula is C22H20N2O4S. The first-order chi connectivity index (χ1) is 13.7. The van der Waals surface area contributed by atoms with Gasteiger partial charge < -0.3 is 8.98 Å². The molecule has 0 amide bonds. The highest BCUT2D eigenvalue weighted by Gasteiger charge is 2.16. The number of sulfonamides is 1. The average molecular weight is 408 g/mol. The second-order valence-corrected chi connectivity index (χ2v) is 8.87. The number of furan rings is 1. The Morgan fingerprint density at radius 3 is 2.38 bits per heavy atom. The number of aromatic nitrogens is 1. The summed E-state index contributed by atoms with van der Waals surface area (Å²) in [6, 6.07) is 16.8.